The second-order valence-corrected chi connectivity index (χ2v) is 10.3. The van der Waals surface area contributed by atoms with Gasteiger partial charge in [-0.2, -0.15) is 5.10 Å². The van der Waals surface area contributed by atoms with Crippen LogP contribution in [-0.4, -0.2) is 31.6 Å². The highest BCUT2D eigenvalue weighted by atomic mass is 32.1. The van der Waals surface area contributed by atoms with E-state index >= 15 is 0 Å². The molecule has 0 aliphatic carbocycles. The van der Waals surface area contributed by atoms with Crippen molar-refractivity contribution in [3.63, 3.8) is 0 Å². The van der Waals surface area contributed by atoms with Gasteiger partial charge in [-0.15, -0.1) is 11.3 Å². The third kappa shape index (κ3) is 5.33. The van der Waals surface area contributed by atoms with Gasteiger partial charge in [0.2, 0.25) is 0 Å². The summed E-state index contributed by atoms with van der Waals surface area (Å²) in [7, 11) is 1.87. The van der Waals surface area contributed by atoms with Gasteiger partial charge in [0.15, 0.2) is 0 Å². The lowest BCUT2D eigenvalue weighted by Gasteiger charge is -2.18. The molecule has 3 aromatic heterocycles. The van der Waals surface area contributed by atoms with Crippen LogP contribution in [0.25, 0.3) is 22.2 Å². The molecule has 5 aromatic rings. The zero-order valence-electron chi connectivity index (χ0n) is 21.6. The Kier molecular flexibility index (Phi) is 7.02. The van der Waals surface area contributed by atoms with Gasteiger partial charge in [-0.25, -0.2) is 9.97 Å². The summed E-state index contributed by atoms with van der Waals surface area (Å²) in [4.78, 5) is 35.1. The fraction of sp³-hybridized carbons (Fsp3) is 0.207. The fourth-order valence-electron chi connectivity index (χ4n) is 4.44. The highest BCUT2D eigenvalue weighted by Gasteiger charge is 2.19. The lowest BCUT2D eigenvalue weighted by molar-refractivity contribution is 0.0931. The van der Waals surface area contributed by atoms with E-state index in [2.05, 4.69) is 20.7 Å². The quantitative estimate of drug-likeness (QED) is 0.307. The van der Waals surface area contributed by atoms with E-state index < -0.39 is 0 Å². The number of hydrogen-bond donors (Lipinski definition) is 2. The average molecular weight is 525 g/mol. The second-order valence-electron chi connectivity index (χ2n) is 9.28. The first-order chi connectivity index (χ1) is 18.3. The van der Waals surface area contributed by atoms with E-state index in [1.54, 1.807) is 40.4 Å². The number of nitrogens with zero attached hydrogens (tertiary/aromatic N) is 4. The van der Waals surface area contributed by atoms with Gasteiger partial charge in [-0.3, -0.25) is 14.3 Å². The summed E-state index contributed by atoms with van der Waals surface area (Å²) in [6, 6.07) is 14.7. The minimum Gasteiger partial charge on any atom is -0.346 e. The van der Waals surface area contributed by atoms with Crippen molar-refractivity contribution in [1.82, 2.24) is 30.4 Å². The van der Waals surface area contributed by atoms with Crippen LogP contribution in [0.2, 0.25) is 0 Å². The predicted molar refractivity (Wildman–Crippen MR) is 149 cm³/mol. The van der Waals surface area contributed by atoms with Crippen LogP contribution in [0.5, 0.6) is 0 Å². The number of rotatable bonds is 7. The largest absolute Gasteiger partial charge is 0.346 e. The van der Waals surface area contributed by atoms with Crippen molar-refractivity contribution in [2.24, 2.45) is 7.05 Å². The van der Waals surface area contributed by atoms with Gasteiger partial charge in [0.05, 0.1) is 40.7 Å². The fourth-order valence-corrected chi connectivity index (χ4v) is 5.05. The Bertz CT molecular complexity index is 1650. The molecular weight excluding hydrogens is 496 g/mol. The van der Waals surface area contributed by atoms with Crippen molar-refractivity contribution < 1.29 is 9.59 Å². The van der Waals surface area contributed by atoms with Crippen molar-refractivity contribution >= 4 is 34.1 Å². The van der Waals surface area contributed by atoms with Crippen LogP contribution >= 0.6 is 11.3 Å². The zero-order valence-corrected chi connectivity index (χ0v) is 22.5. The van der Waals surface area contributed by atoms with Crippen molar-refractivity contribution in [3.05, 3.63) is 99.3 Å². The third-order valence-electron chi connectivity index (χ3n) is 6.39. The van der Waals surface area contributed by atoms with Crippen LogP contribution in [-0.2, 0) is 13.6 Å². The number of nitrogens with one attached hydrogen (secondary N) is 2. The van der Waals surface area contributed by atoms with Crippen molar-refractivity contribution in [2.75, 3.05) is 0 Å². The van der Waals surface area contributed by atoms with Crippen molar-refractivity contribution in [1.29, 1.82) is 0 Å². The first-order valence-corrected chi connectivity index (χ1v) is 13.2. The van der Waals surface area contributed by atoms with Gasteiger partial charge >= 0.3 is 0 Å². The molecule has 3 heterocycles. The molecule has 0 radical (unpaired) electrons. The number of carbonyl (C=O) groups excluding carboxylic acids is 2. The summed E-state index contributed by atoms with van der Waals surface area (Å²) in [5.74, 6) is -0.408. The molecule has 0 aliphatic rings. The van der Waals surface area contributed by atoms with E-state index in [4.69, 9.17) is 4.98 Å². The van der Waals surface area contributed by atoms with Crippen LogP contribution in [0.3, 0.4) is 0 Å². The molecule has 5 rings (SSSR count). The summed E-state index contributed by atoms with van der Waals surface area (Å²) in [6.07, 6.45) is 3.70. The molecule has 8 nitrogen and oxygen atoms in total. The van der Waals surface area contributed by atoms with Gasteiger partial charge in [-0.1, -0.05) is 18.2 Å². The number of benzene rings is 2. The van der Waals surface area contributed by atoms with Crippen LogP contribution < -0.4 is 10.6 Å². The molecule has 2 N–H and O–H groups in total. The summed E-state index contributed by atoms with van der Waals surface area (Å²) in [5.41, 5.74) is 6.10. The molecule has 0 saturated carbocycles. The van der Waals surface area contributed by atoms with E-state index in [0.717, 1.165) is 44.0 Å². The molecule has 2 aromatic carbocycles. The molecule has 0 spiro atoms. The van der Waals surface area contributed by atoms with Gasteiger partial charge in [-0.05, 0) is 62.2 Å². The number of pyridine rings is 1. The summed E-state index contributed by atoms with van der Waals surface area (Å²) >= 11 is 1.55. The molecule has 0 saturated heterocycles. The Morgan fingerprint density at radius 3 is 2.58 bits per heavy atom. The maximum atomic E-state index is 13.3. The zero-order chi connectivity index (χ0) is 26.8. The number of fused-ring (bicyclic) bond motifs is 1. The molecular formula is C29H28N6O2S. The molecule has 38 heavy (non-hydrogen) atoms. The third-order valence-corrected chi connectivity index (χ3v) is 7.22. The summed E-state index contributed by atoms with van der Waals surface area (Å²) < 4.78 is 1.74. The number of hydrogen-bond acceptors (Lipinski definition) is 6. The van der Waals surface area contributed by atoms with E-state index in [1.807, 2.05) is 69.7 Å². The van der Waals surface area contributed by atoms with E-state index in [-0.39, 0.29) is 17.9 Å². The molecule has 0 bridgehead atoms. The Balaban J connectivity index is 1.34. The number of amides is 2. The Morgan fingerprint density at radius 2 is 1.87 bits per heavy atom. The second kappa shape index (κ2) is 10.5. The highest BCUT2D eigenvalue weighted by molar-refractivity contribution is 7.09. The molecule has 9 heteroatoms. The minimum absolute atomic E-state index is 0.203. The van der Waals surface area contributed by atoms with E-state index in [0.29, 0.717) is 17.7 Å². The van der Waals surface area contributed by atoms with Gasteiger partial charge < -0.3 is 10.6 Å². The smallest absolute Gasteiger partial charge is 0.252 e. The monoisotopic (exact) mass is 524 g/mol. The lowest BCUT2D eigenvalue weighted by atomic mass is 9.99. The summed E-state index contributed by atoms with van der Waals surface area (Å²) in [5, 5.41) is 14.2. The van der Waals surface area contributed by atoms with Gasteiger partial charge in [0.1, 0.15) is 0 Å². The topological polar surface area (TPSA) is 102 Å². The first-order valence-electron chi connectivity index (χ1n) is 12.3. The molecule has 2 amide bonds. The number of para-hydroxylation sites is 1. The minimum atomic E-state index is -0.283. The summed E-state index contributed by atoms with van der Waals surface area (Å²) in [6.45, 7) is 6.09. The SMILES string of the molecule is Cc1nc(CNC(=O)c2ccc(C(=O)N[C@H](C)c3cc(-c4cnn(C)c4)nc4ccccc34)c(C)c2)cs1. The van der Waals surface area contributed by atoms with E-state index in [1.165, 1.54) is 0 Å². The maximum absolute atomic E-state index is 13.3. The Labute approximate surface area is 224 Å². The van der Waals surface area contributed by atoms with Gasteiger partial charge in [0, 0.05) is 40.7 Å². The average Bonchev–Trinajstić information content (AvgIpc) is 3.54. The number of aromatic nitrogens is 4. The molecule has 0 fully saturated rings. The van der Waals surface area contributed by atoms with Crippen LogP contribution in [0.1, 0.15) is 55.5 Å². The standard InChI is InChI=1S/C29H28N6O2S/c1-17-11-20(28(36)30-14-22-16-38-19(3)33-22)9-10-23(17)29(37)32-18(2)25-12-27(21-13-31-35(4)15-21)34-26-8-6-5-7-24(25)26/h5-13,15-16,18H,14H2,1-4H3,(H,30,36)(H,32,37)/t18-/m1/s1. The number of aryl methyl sites for hydroxylation is 3. The van der Waals surface area contributed by atoms with Crippen LogP contribution in [0, 0.1) is 13.8 Å². The van der Waals surface area contributed by atoms with Crippen molar-refractivity contribution in [3.8, 4) is 11.3 Å². The Hall–Kier alpha value is -4.37. The van der Waals surface area contributed by atoms with Crippen LogP contribution in [0.4, 0.5) is 0 Å². The van der Waals surface area contributed by atoms with Crippen LogP contribution in [0.15, 0.2) is 66.3 Å². The molecule has 192 valence electrons. The molecule has 0 aliphatic heterocycles. The van der Waals surface area contributed by atoms with E-state index in [9.17, 15) is 9.59 Å². The van der Waals surface area contributed by atoms with Gasteiger partial charge in [0.25, 0.3) is 11.8 Å². The number of thiazole rings is 1. The number of carbonyl (C=O) groups is 2. The predicted octanol–water partition coefficient (Wildman–Crippen LogP) is 5.13. The lowest BCUT2D eigenvalue weighted by Crippen LogP contribution is -2.28. The van der Waals surface area contributed by atoms with Crippen molar-refractivity contribution in [2.45, 2.75) is 33.4 Å². The Morgan fingerprint density at radius 1 is 1.05 bits per heavy atom. The maximum Gasteiger partial charge on any atom is 0.252 e. The normalized spacial score (nSPS) is 11.9. The molecule has 0 unspecified atom stereocenters. The molecule has 1 atom stereocenters. The first kappa shape index (κ1) is 25.3. The highest BCUT2D eigenvalue weighted by Crippen LogP contribution is 2.29.